The molecular formula is C12H14N2O3. The molecule has 0 radical (unpaired) electrons. The van der Waals surface area contributed by atoms with Crippen LogP contribution in [0.2, 0.25) is 0 Å². The molecule has 1 aliphatic rings. The van der Waals surface area contributed by atoms with Crippen molar-refractivity contribution in [3.63, 3.8) is 0 Å². The molecule has 1 aliphatic heterocycles. The number of nitro groups is 1. The molecule has 0 saturated heterocycles. The lowest BCUT2D eigenvalue weighted by atomic mass is 10.1. The van der Waals surface area contributed by atoms with E-state index in [2.05, 4.69) is 0 Å². The normalized spacial score (nSPS) is 14.3. The molecule has 0 atom stereocenters. The van der Waals surface area contributed by atoms with Gasteiger partial charge in [-0.25, -0.2) is 0 Å². The third-order valence-corrected chi connectivity index (χ3v) is 2.76. The zero-order chi connectivity index (χ0) is 12.6. The second-order valence-corrected chi connectivity index (χ2v) is 4.65. The van der Waals surface area contributed by atoms with E-state index < -0.39 is 4.92 Å². The van der Waals surface area contributed by atoms with Crippen molar-refractivity contribution in [2.45, 2.75) is 20.3 Å². The highest BCUT2D eigenvalue weighted by Crippen LogP contribution is 2.32. The van der Waals surface area contributed by atoms with Gasteiger partial charge in [0, 0.05) is 24.4 Å². The lowest BCUT2D eigenvalue weighted by Crippen LogP contribution is -2.30. The molecule has 0 aliphatic carbocycles. The third-order valence-electron chi connectivity index (χ3n) is 2.76. The third kappa shape index (κ3) is 2.13. The molecule has 1 amide bonds. The lowest BCUT2D eigenvalue weighted by molar-refractivity contribution is -0.384. The van der Waals surface area contributed by atoms with Crippen molar-refractivity contribution in [2.75, 3.05) is 11.4 Å². The van der Waals surface area contributed by atoms with Gasteiger partial charge in [0.25, 0.3) is 5.69 Å². The average Bonchev–Trinajstić information content (AvgIpc) is 2.54. The van der Waals surface area contributed by atoms with E-state index >= 15 is 0 Å². The van der Waals surface area contributed by atoms with E-state index in [-0.39, 0.29) is 18.0 Å². The van der Waals surface area contributed by atoms with Gasteiger partial charge in [0.1, 0.15) is 0 Å². The Labute approximate surface area is 99.2 Å². The number of hydrogen-bond acceptors (Lipinski definition) is 3. The number of hydrogen-bond donors (Lipinski definition) is 0. The van der Waals surface area contributed by atoms with E-state index in [1.165, 1.54) is 12.1 Å². The molecule has 0 N–H and O–H groups in total. The van der Waals surface area contributed by atoms with Crippen LogP contribution in [-0.2, 0) is 11.2 Å². The van der Waals surface area contributed by atoms with Crippen LogP contribution in [0.4, 0.5) is 11.4 Å². The largest absolute Gasteiger partial charge is 0.312 e. The molecule has 90 valence electrons. The maximum absolute atomic E-state index is 11.8. The van der Waals surface area contributed by atoms with Gasteiger partial charge in [0.15, 0.2) is 0 Å². The van der Waals surface area contributed by atoms with Crippen LogP contribution in [0, 0.1) is 16.0 Å². The fraction of sp³-hybridized carbons (Fsp3) is 0.417. The van der Waals surface area contributed by atoms with Crippen LogP contribution in [0.3, 0.4) is 0 Å². The van der Waals surface area contributed by atoms with Gasteiger partial charge in [-0.05, 0) is 17.5 Å². The molecule has 1 heterocycles. The number of anilines is 1. The maximum Gasteiger partial charge on any atom is 0.269 e. The highest BCUT2D eigenvalue weighted by Gasteiger charge is 2.28. The van der Waals surface area contributed by atoms with Gasteiger partial charge in [-0.15, -0.1) is 0 Å². The Morgan fingerprint density at radius 3 is 2.76 bits per heavy atom. The molecule has 17 heavy (non-hydrogen) atoms. The Bertz CT molecular complexity index is 483. The van der Waals surface area contributed by atoms with Crippen LogP contribution < -0.4 is 4.90 Å². The number of nitrogens with zero attached hydrogens (tertiary/aromatic N) is 2. The predicted molar refractivity (Wildman–Crippen MR) is 64.0 cm³/mol. The molecule has 5 heteroatoms. The summed E-state index contributed by atoms with van der Waals surface area (Å²) in [5.74, 6) is 0.397. The molecule has 1 aromatic carbocycles. The van der Waals surface area contributed by atoms with Crippen molar-refractivity contribution in [3.8, 4) is 0 Å². The van der Waals surface area contributed by atoms with Crippen LogP contribution in [-0.4, -0.2) is 17.4 Å². The van der Waals surface area contributed by atoms with E-state index in [1.54, 1.807) is 11.0 Å². The Morgan fingerprint density at radius 1 is 1.47 bits per heavy atom. The van der Waals surface area contributed by atoms with E-state index in [0.29, 0.717) is 12.5 Å². The zero-order valence-electron chi connectivity index (χ0n) is 9.84. The first-order chi connectivity index (χ1) is 7.99. The monoisotopic (exact) mass is 234 g/mol. The van der Waals surface area contributed by atoms with E-state index in [1.807, 2.05) is 13.8 Å². The summed E-state index contributed by atoms with van der Waals surface area (Å²) in [7, 11) is 0. The van der Waals surface area contributed by atoms with Gasteiger partial charge < -0.3 is 4.90 Å². The zero-order valence-corrected chi connectivity index (χ0v) is 9.84. The molecule has 0 spiro atoms. The molecule has 0 saturated carbocycles. The summed E-state index contributed by atoms with van der Waals surface area (Å²) in [6.45, 7) is 4.73. The quantitative estimate of drug-likeness (QED) is 0.594. The summed E-state index contributed by atoms with van der Waals surface area (Å²) in [5.41, 5.74) is 1.61. The van der Waals surface area contributed by atoms with Gasteiger partial charge in [-0.1, -0.05) is 13.8 Å². The van der Waals surface area contributed by atoms with E-state index in [4.69, 9.17) is 0 Å². The first kappa shape index (κ1) is 11.6. The molecule has 1 aromatic rings. The number of benzene rings is 1. The Hall–Kier alpha value is -1.91. The predicted octanol–water partition coefficient (Wildman–Crippen LogP) is 2.14. The summed E-state index contributed by atoms with van der Waals surface area (Å²) in [6, 6.07) is 4.61. The van der Waals surface area contributed by atoms with Crippen molar-refractivity contribution in [1.82, 2.24) is 0 Å². The molecule has 0 fully saturated rings. The number of carbonyl (C=O) groups excluding carboxylic acids is 1. The summed E-state index contributed by atoms with van der Waals surface area (Å²) in [6.07, 6.45) is 0.268. The second-order valence-electron chi connectivity index (χ2n) is 4.65. The van der Waals surface area contributed by atoms with Crippen LogP contribution in [0.15, 0.2) is 18.2 Å². The number of carbonyl (C=O) groups is 1. The first-order valence-corrected chi connectivity index (χ1v) is 5.56. The summed E-state index contributed by atoms with van der Waals surface area (Å²) < 4.78 is 0. The van der Waals surface area contributed by atoms with Gasteiger partial charge >= 0.3 is 0 Å². The molecule has 5 nitrogen and oxygen atoms in total. The smallest absolute Gasteiger partial charge is 0.269 e. The summed E-state index contributed by atoms with van der Waals surface area (Å²) in [5, 5.41) is 10.6. The van der Waals surface area contributed by atoms with Gasteiger partial charge in [-0.3, -0.25) is 14.9 Å². The minimum Gasteiger partial charge on any atom is -0.312 e. The number of amides is 1. The van der Waals surface area contributed by atoms with Crippen LogP contribution >= 0.6 is 0 Å². The summed E-state index contributed by atoms with van der Waals surface area (Å²) >= 11 is 0. The van der Waals surface area contributed by atoms with Gasteiger partial charge in [0.2, 0.25) is 5.91 Å². The van der Waals surface area contributed by atoms with Crippen molar-refractivity contribution >= 4 is 17.3 Å². The SMILES string of the molecule is CC(C)CN1C(=O)Cc2cc([N+](=O)[O-])ccc21. The number of nitro benzene ring substituents is 1. The van der Waals surface area contributed by atoms with Crippen molar-refractivity contribution in [1.29, 1.82) is 0 Å². The molecule has 0 bridgehead atoms. The van der Waals surface area contributed by atoms with Crippen molar-refractivity contribution in [2.24, 2.45) is 5.92 Å². The number of non-ortho nitro benzene ring substituents is 1. The van der Waals surface area contributed by atoms with Crippen LogP contribution in [0.5, 0.6) is 0 Å². The van der Waals surface area contributed by atoms with Crippen LogP contribution in [0.25, 0.3) is 0 Å². The standard InChI is InChI=1S/C12H14N2O3/c1-8(2)7-13-11-4-3-10(14(16)17)5-9(11)6-12(13)15/h3-5,8H,6-7H2,1-2H3. The molecule has 0 aromatic heterocycles. The Kier molecular flexibility index (Phi) is 2.83. The van der Waals surface area contributed by atoms with Crippen molar-refractivity contribution < 1.29 is 9.72 Å². The summed E-state index contributed by atoms with van der Waals surface area (Å²) in [4.78, 5) is 23.7. The average molecular weight is 234 g/mol. The molecular weight excluding hydrogens is 220 g/mol. The number of fused-ring (bicyclic) bond motifs is 1. The first-order valence-electron chi connectivity index (χ1n) is 5.56. The second kappa shape index (κ2) is 4.16. The van der Waals surface area contributed by atoms with Gasteiger partial charge in [0.05, 0.1) is 11.3 Å². The van der Waals surface area contributed by atoms with E-state index in [9.17, 15) is 14.9 Å². The highest BCUT2D eigenvalue weighted by molar-refractivity contribution is 6.01. The highest BCUT2D eigenvalue weighted by atomic mass is 16.6. The van der Waals surface area contributed by atoms with Gasteiger partial charge in [-0.2, -0.15) is 0 Å². The fourth-order valence-electron chi connectivity index (χ4n) is 2.05. The Balaban J connectivity index is 2.35. The molecule has 2 rings (SSSR count). The van der Waals surface area contributed by atoms with Crippen molar-refractivity contribution in [3.05, 3.63) is 33.9 Å². The fourth-order valence-corrected chi connectivity index (χ4v) is 2.05. The lowest BCUT2D eigenvalue weighted by Gasteiger charge is -2.19. The minimum absolute atomic E-state index is 0.0224. The van der Waals surface area contributed by atoms with Crippen LogP contribution in [0.1, 0.15) is 19.4 Å². The topological polar surface area (TPSA) is 63.5 Å². The Morgan fingerprint density at radius 2 is 2.18 bits per heavy atom. The minimum atomic E-state index is -0.435. The van der Waals surface area contributed by atoms with E-state index in [0.717, 1.165) is 11.3 Å². The molecule has 0 unspecified atom stereocenters. The maximum atomic E-state index is 11.8. The number of rotatable bonds is 3.